The zero-order valence-electron chi connectivity index (χ0n) is 22.9. The quantitative estimate of drug-likeness (QED) is 0.459. The van der Waals surface area contributed by atoms with E-state index in [9.17, 15) is 9.59 Å². The van der Waals surface area contributed by atoms with Crippen LogP contribution < -0.4 is 15.1 Å². The van der Waals surface area contributed by atoms with Crippen molar-refractivity contribution in [2.75, 3.05) is 0 Å². The van der Waals surface area contributed by atoms with Gasteiger partial charge in [0.2, 0.25) is 16.6 Å². The Morgan fingerprint density at radius 3 is 0.848 bits per heavy atom. The van der Waals surface area contributed by atoms with Crippen LogP contribution in [0, 0.1) is 0 Å². The van der Waals surface area contributed by atoms with Crippen molar-refractivity contribution in [3.63, 3.8) is 0 Å². The average Bonchev–Trinajstić information content (AvgIpc) is 2.64. The second kappa shape index (κ2) is 8.67. The maximum absolute atomic E-state index is 11.9. The van der Waals surface area contributed by atoms with Crippen LogP contribution in [0.15, 0.2) is 48.5 Å². The summed E-state index contributed by atoms with van der Waals surface area (Å²) >= 11 is 0. The highest BCUT2D eigenvalue weighted by molar-refractivity contribution is 6.90. The molecule has 0 bridgehead atoms. The van der Waals surface area contributed by atoms with Gasteiger partial charge in [-0.3, -0.25) is 0 Å². The topological polar surface area (TPSA) is 49.7 Å². The first-order chi connectivity index (χ1) is 14.7. The molecule has 0 aliphatic rings. The van der Waals surface area contributed by atoms with E-state index in [4.69, 9.17) is 4.74 Å². The van der Waals surface area contributed by atoms with Gasteiger partial charge < -0.3 is 14.3 Å². The van der Waals surface area contributed by atoms with Gasteiger partial charge in [0, 0.05) is 0 Å². The fraction of sp³-hybridized carbons (Fsp3) is 0.571. The number of rotatable bonds is 4. The van der Waals surface area contributed by atoms with Crippen LogP contribution in [-0.2, 0) is 0 Å². The molecule has 33 heavy (non-hydrogen) atoms. The molecule has 0 heterocycles. The summed E-state index contributed by atoms with van der Waals surface area (Å²) in [6.07, 6.45) is 0. The normalized spacial score (nSPS) is 14.4. The van der Waals surface area contributed by atoms with E-state index in [1.54, 1.807) is 0 Å². The third-order valence-corrected chi connectivity index (χ3v) is 18.1. The van der Waals surface area contributed by atoms with E-state index >= 15 is 0 Å². The largest absolute Gasteiger partial charge is 0.457 e. The first-order valence-electron chi connectivity index (χ1n) is 12.0. The third kappa shape index (κ3) is 5.02. The number of hydrogen-bond donors (Lipinski definition) is 2. The van der Waals surface area contributed by atoms with Crippen molar-refractivity contribution in [2.45, 2.75) is 103 Å². The molecule has 0 saturated heterocycles. The van der Waals surface area contributed by atoms with Gasteiger partial charge in [0.1, 0.15) is 11.5 Å². The Kier molecular flexibility index (Phi) is 7.31. The van der Waals surface area contributed by atoms with Gasteiger partial charge in [0.25, 0.3) is 0 Å². The van der Waals surface area contributed by atoms with Gasteiger partial charge in [-0.15, -0.1) is 0 Å². The first-order valence-corrected chi connectivity index (χ1v) is 15.9. The van der Waals surface area contributed by atoms with E-state index in [-0.39, 0.29) is 20.2 Å². The molecule has 0 radical (unpaired) electrons. The minimum Gasteiger partial charge on any atom is -0.457 e. The lowest BCUT2D eigenvalue weighted by Gasteiger charge is -2.47. The Hall–Kier alpha value is -1.41. The molecular weight excluding hydrogens is 440 g/mol. The monoisotopic (exact) mass is 486 g/mol. The Labute approximate surface area is 204 Å². The number of benzene rings is 2. The van der Waals surface area contributed by atoms with Gasteiger partial charge in [-0.25, -0.2) is 0 Å². The zero-order chi connectivity index (χ0) is 25.7. The van der Waals surface area contributed by atoms with Crippen LogP contribution in [0.5, 0.6) is 11.5 Å². The van der Waals surface area contributed by atoms with Gasteiger partial charge in [-0.05, 0) is 54.8 Å². The smallest absolute Gasteiger partial charge is 0.230 e. The first kappa shape index (κ1) is 27.8. The molecule has 184 valence electrons. The molecule has 0 saturated carbocycles. The van der Waals surface area contributed by atoms with E-state index in [1.165, 1.54) is 0 Å². The van der Waals surface area contributed by atoms with Crippen molar-refractivity contribution < 1.29 is 14.3 Å². The van der Waals surface area contributed by atoms with Crippen molar-refractivity contribution in [2.24, 2.45) is 0 Å². The highest BCUT2D eigenvalue weighted by Crippen LogP contribution is 2.50. The van der Waals surface area contributed by atoms with E-state index in [0.29, 0.717) is 0 Å². The predicted molar refractivity (Wildman–Crippen MR) is 147 cm³/mol. The summed E-state index contributed by atoms with van der Waals surface area (Å²) < 4.78 is 6.12. The maximum atomic E-state index is 11.9. The molecule has 0 unspecified atom stereocenters. The maximum Gasteiger partial charge on any atom is 0.230 e. The molecule has 0 spiro atoms. The number of ether oxygens (including phenoxy) is 1. The zero-order valence-corrected chi connectivity index (χ0v) is 24.9. The van der Waals surface area contributed by atoms with Crippen LogP contribution in [0.4, 0.5) is 0 Å². The van der Waals surface area contributed by atoms with Crippen LogP contribution in [0.2, 0.25) is 20.2 Å². The Morgan fingerprint density at radius 1 is 0.455 bits per heavy atom. The fourth-order valence-corrected chi connectivity index (χ4v) is 14.9. The summed E-state index contributed by atoms with van der Waals surface area (Å²) in [5.74, 6) is 1.48. The van der Waals surface area contributed by atoms with Crippen molar-refractivity contribution in [1.82, 2.24) is 0 Å². The fourth-order valence-electron chi connectivity index (χ4n) is 5.65. The standard InChI is InChI=1S/C28H46O3Si2/c1-25(2,3)32(29,26(4,5)6)23-17-13-21(14-18-23)31-22-15-19-24(20-16-22)33(30,27(7,8)9)28(10,11)12/h13-20,29-30H,1-12H3. The third-order valence-electron chi connectivity index (χ3n) is 7.12. The van der Waals surface area contributed by atoms with Crippen molar-refractivity contribution in [1.29, 1.82) is 0 Å². The lowest BCUT2D eigenvalue weighted by Crippen LogP contribution is -2.61. The van der Waals surface area contributed by atoms with Gasteiger partial charge in [0.05, 0.1) is 0 Å². The molecule has 0 atom stereocenters. The van der Waals surface area contributed by atoms with Crippen LogP contribution in [0.25, 0.3) is 0 Å². The molecule has 3 nitrogen and oxygen atoms in total. The van der Waals surface area contributed by atoms with E-state index in [2.05, 4.69) is 83.1 Å². The molecule has 0 aliphatic carbocycles. The van der Waals surface area contributed by atoms with E-state index in [0.717, 1.165) is 21.9 Å². The summed E-state index contributed by atoms with van der Waals surface area (Å²) in [6.45, 7) is 25.6. The van der Waals surface area contributed by atoms with E-state index < -0.39 is 16.6 Å². The van der Waals surface area contributed by atoms with Gasteiger partial charge in [-0.2, -0.15) is 0 Å². The molecule has 0 amide bonds. The van der Waals surface area contributed by atoms with Crippen molar-refractivity contribution >= 4 is 27.0 Å². The Bertz CT molecular complexity index is 828. The average molecular weight is 487 g/mol. The minimum atomic E-state index is -2.79. The highest BCUT2D eigenvalue weighted by atomic mass is 28.4. The second-order valence-corrected chi connectivity index (χ2v) is 23.6. The number of hydrogen-bond acceptors (Lipinski definition) is 3. The van der Waals surface area contributed by atoms with Crippen LogP contribution in [-0.4, -0.2) is 26.2 Å². The predicted octanol–water partition coefficient (Wildman–Crippen LogP) is 6.97. The summed E-state index contributed by atoms with van der Waals surface area (Å²) in [6, 6.07) is 15.9. The van der Waals surface area contributed by atoms with Crippen molar-refractivity contribution in [3.8, 4) is 11.5 Å². The summed E-state index contributed by atoms with van der Waals surface area (Å²) in [7, 11) is -5.57. The summed E-state index contributed by atoms with van der Waals surface area (Å²) in [5.41, 5.74) is 0. The Balaban J connectivity index is 2.34. The Morgan fingerprint density at radius 2 is 0.667 bits per heavy atom. The van der Waals surface area contributed by atoms with Gasteiger partial charge >= 0.3 is 0 Å². The van der Waals surface area contributed by atoms with Crippen molar-refractivity contribution in [3.05, 3.63) is 48.5 Å². The second-order valence-electron chi connectivity index (χ2n) is 13.6. The molecule has 0 fully saturated rings. The van der Waals surface area contributed by atoms with Crippen LogP contribution in [0.1, 0.15) is 83.1 Å². The molecule has 0 aliphatic heterocycles. The van der Waals surface area contributed by atoms with Gasteiger partial charge in [0.15, 0.2) is 0 Å². The van der Waals surface area contributed by atoms with E-state index in [1.807, 2.05) is 48.5 Å². The SMILES string of the molecule is CC(C)(C)[Si](O)(c1ccc(Oc2ccc([Si](O)(C(C)(C)C)C(C)(C)C)cc2)cc1)C(C)(C)C. The lowest BCUT2D eigenvalue weighted by molar-refractivity contribution is 0.431. The molecule has 2 aromatic carbocycles. The van der Waals surface area contributed by atoms with Gasteiger partial charge in [-0.1, -0.05) is 107 Å². The molecular formula is C28H46O3Si2. The minimum absolute atomic E-state index is 0.190. The van der Waals surface area contributed by atoms with Crippen LogP contribution >= 0.6 is 0 Å². The molecule has 2 rings (SSSR count). The molecule has 0 aromatic heterocycles. The van der Waals surface area contributed by atoms with Crippen LogP contribution in [0.3, 0.4) is 0 Å². The lowest BCUT2D eigenvalue weighted by atomic mass is 10.2. The highest BCUT2D eigenvalue weighted by Gasteiger charge is 2.55. The summed E-state index contributed by atoms with van der Waals surface area (Å²) in [4.78, 5) is 23.7. The molecule has 5 heteroatoms. The molecule has 2 N–H and O–H groups in total. The summed E-state index contributed by atoms with van der Waals surface area (Å²) in [5, 5.41) is 1.29. The molecule has 2 aromatic rings.